The molecule has 0 saturated heterocycles. The highest BCUT2D eigenvalue weighted by Crippen LogP contribution is 2.17. The van der Waals surface area contributed by atoms with Crippen LogP contribution in [-0.2, 0) is 17.9 Å². The van der Waals surface area contributed by atoms with Crippen molar-refractivity contribution in [2.75, 3.05) is 37.7 Å². The topological polar surface area (TPSA) is 48.9 Å². The van der Waals surface area contributed by atoms with Crippen LogP contribution >= 0.6 is 24.0 Å². The van der Waals surface area contributed by atoms with Crippen molar-refractivity contribution in [3.05, 3.63) is 77.9 Å². The molecule has 5 nitrogen and oxygen atoms in total. The Morgan fingerprint density at radius 2 is 1.69 bits per heavy atom. The van der Waals surface area contributed by atoms with Gasteiger partial charge in [0.1, 0.15) is 0 Å². The maximum absolute atomic E-state index is 5.72. The Hall–Kier alpha value is -2.06. The molecule has 1 aliphatic rings. The summed E-state index contributed by atoms with van der Waals surface area (Å²) >= 11 is 0. The van der Waals surface area contributed by atoms with E-state index in [2.05, 4.69) is 76.0 Å². The zero-order chi connectivity index (χ0) is 19.4. The maximum atomic E-state index is 5.72. The maximum Gasteiger partial charge on any atom is 0.191 e. The second kappa shape index (κ2) is 13.2. The third kappa shape index (κ3) is 8.06. The number of benzene rings is 2. The van der Waals surface area contributed by atoms with Gasteiger partial charge in [-0.25, -0.2) is 4.99 Å². The zero-order valence-corrected chi connectivity index (χ0v) is 19.3. The Morgan fingerprint density at radius 3 is 2.38 bits per heavy atom. The van der Waals surface area contributed by atoms with Crippen LogP contribution in [0, 0.1) is 0 Å². The molecule has 0 atom stereocenters. The SMILES string of the molecule is CCNC(=NCc1ccc(N2CC=CC2)cc1)NCCOCc1ccccc1.I. The fourth-order valence-electron chi connectivity index (χ4n) is 3.02. The lowest BCUT2D eigenvalue weighted by Crippen LogP contribution is -2.38. The smallest absolute Gasteiger partial charge is 0.191 e. The number of hydrogen-bond acceptors (Lipinski definition) is 3. The molecule has 0 unspecified atom stereocenters. The summed E-state index contributed by atoms with van der Waals surface area (Å²) in [6.07, 6.45) is 4.41. The summed E-state index contributed by atoms with van der Waals surface area (Å²) < 4.78 is 5.72. The lowest BCUT2D eigenvalue weighted by Gasteiger charge is -2.17. The number of anilines is 1. The van der Waals surface area contributed by atoms with E-state index in [0.717, 1.165) is 32.1 Å². The summed E-state index contributed by atoms with van der Waals surface area (Å²) in [4.78, 5) is 7.02. The van der Waals surface area contributed by atoms with Crippen LogP contribution in [-0.4, -0.2) is 38.7 Å². The van der Waals surface area contributed by atoms with Crippen LogP contribution in [0.1, 0.15) is 18.1 Å². The molecule has 0 aromatic heterocycles. The minimum Gasteiger partial charge on any atom is -0.375 e. The van der Waals surface area contributed by atoms with Gasteiger partial charge in [-0.3, -0.25) is 0 Å². The third-order valence-electron chi connectivity index (χ3n) is 4.53. The van der Waals surface area contributed by atoms with Gasteiger partial charge in [0.05, 0.1) is 19.8 Å². The predicted octanol–water partition coefficient (Wildman–Crippen LogP) is 3.95. The second-order valence-corrected chi connectivity index (χ2v) is 6.70. The van der Waals surface area contributed by atoms with Crippen LogP contribution in [0.3, 0.4) is 0 Å². The molecule has 0 saturated carbocycles. The first kappa shape index (κ1) is 23.2. The number of nitrogens with one attached hydrogen (secondary N) is 2. The Kier molecular flexibility index (Phi) is 10.6. The van der Waals surface area contributed by atoms with Gasteiger partial charge in [-0.2, -0.15) is 0 Å². The predicted molar refractivity (Wildman–Crippen MR) is 132 cm³/mol. The van der Waals surface area contributed by atoms with Crippen molar-refractivity contribution in [3.63, 3.8) is 0 Å². The first-order valence-electron chi connectivity index (χ1n) is 9.98. The van der Waals surface area contributed by atoms with Crippen molar-refractivity contribution < 1.29 is 4.74 Å². The van der Waals surface area contributed by atoms with E-state index in [9.17, 15) is 0 Å². The molecule has 2 aromatic rings. The van der Waals surface area contributed by atoms with E-state index in [0.29, 0.717) is 19.8 Å². The van der Waals surface area contributed by atoms with E-state index in [1.54, 1.807) is 0 Å². The number of hydrogen-bond donors (Lipinski definition) is 2. The van der Waals surface area contributed by atoms with Gasteiger partial charge in [0.2, 0.25) is 0 Å². The van der Waals surface area contributed by atoms with E-state index in [1.807, 2.05) is 18.2 Å². The summed E-state index contributed by atoms with van der Waals surface area (Å²) in [6.45, 7) is 7.54. The van der Waals surface area contributed by atoms with Crippen molar-refractivity contribution in [3.8, 4) is 0 Å². The van der Waals surface area contributed by atoms with E-state index >= 15 is 0 Å². The van der Waals surface area contributed by atoms with Crippen molar-refractivity contribution >= 4 is 35.6 Å². The number of ether oxygens (including phenoxy) is 1. The first-order valence-corrected chi connectivity index (χ1v) is 9.98. The highest BCUT2D eigenvalue weighted by molar-refractivity contribution is 14.0. The van der Waals surface area contributed by atoms with E-state index in [1.165, 1.54) is 16.8 Å². The number of aliphatic imine (C=N–C) groups is 1. The Bertz CT molecular complexity index is 754. The largest absolute Gasteiger partial charge is 0.375 e. The summed E-state index contributed by atoms with van der Waals surface area (Å²) in [7, 11) is 0. The minimum atomic E-state index is 0. The van der Waals surface area contributed by atoms with Crippen molar-refractivity contribution in [2.24, 2.45) is 4.99 Å². The van der Waals surface area contributed by atoms with E-state index in [4.69, 9.17) is 4.74 Å². The van der Waals surface area contributed by atoms with Crippen LogP contribution in [0.15, 0.2) is 71.7 Å². The quantitative estimate of drug-likeness (QED) is 0.178. The molecule has 0 amide bonds. The third-order valence-corrected chi connectivity index (χ3v) is 4.53. The molecule has 2 N–H and O–H groups in total. The van der Waals surface area contributed by atoms with E-state index in [-0.39, 0.29) is 24.0 Å². The second-order valence-electron chi connectivity index (χ2n) is 6.70. The molecule has 1 aliphatic heterocycles. The van der Waals surface area contributed by atoms with Crippen LogP contribution in [0.2, 0.25) is 0 Å². The molecule has 1 heterocycles. The van der Waals surface area contributed by atoms with Gasteiger partial charge >= 0.3 is 0 Å². The fourth-order valence-corrected chi connectivity index (χ4v) is 3.02. The molecule has 0 bridgehead atoms. The highest BCUT2D eigenvalue weighted by Gasteiger charge is 2.07. The normalized spacial score (nSPS) is 13.3. The van der Waals surface area contributed by atoms with Crippen LogP contribution in [0.25, 0.3) is 0 Å². The highest BCUT2D eigenvalue weighted by atomic mass is 127. The molecule has 3 rings (SSSR count). The zero-order valence-electron chi connectivity index (χ0n) is 17.0. The van der Waals surface area contributed by atoms with Crippen molar-refractivity contribution in [2.45, 2.75) is 20.1 Å². The average molecular weight is 506 g/mol. The molecule has 0 aliphatic carbocycles. The average Bonchev–Trinajstić information content (AvgIpc) is 3.28. The molecule has 0 spiro atoms. The van der Waals surface area contributed by atoms with Gasteiger partial charge in [-0.05, 0) is 30.2 Å². The summed E-state index contributed by atoms with van der Waals surface area (Å²) in [6, 6.07) is 18.9. The van der Waals surface area contributed by atoms with Crippen molar-refractivity contribution in [1.82, 2.24) is 10.6 Å². The number of rotatable bonds is 9. The summed E-state index contributed by atoms with van der Waals surface area (Å²) in [5.74, 6) is 0.818. The molecular weight excluding hydrogens is 475 g/mol. The Balaban J connectivity index is 0.00000300. The van der Waals surface area contributed by atoms with Gasteiger partial charge in [0.25, 0.3) is 0 Å². The van der Waals surface area contributed by atoms with E-state index < -0.39 is 0 Å². The van der Waals surface area contributed by atoms with Crippen LogP contribution in [0.4, 0.5) is 5.69 Å². The van der Waals surface area contributed by atoms with Gasteiger partial charge < -0.3 is 20.3 Å². The molecule has 2 aromatic carbocycles. The molecule has 0 fully saturated rings. The monoisotopic (exact) mass is 506 g/mol. The number of guanidine groups is 1. The molecular formula is C23H31IN4O. The van der Waals surface area contributed by atoms with Gasteiger partial charge in [-0.1, -0.05) is 54.6 Å². The Morgan fingerprint density at radius 1 is 0.966 bits per heavy atom. The number of halogens is 1. The summed E-state index contributed by atoms with van der Waals surface area (Å²) in [5, 5.41) is 6.62. The van der Waals surface area contributed by atoms with Gasteiger partial charge in [-0.15, -0.1) is 24.0 Å². The molecule has 156 valence electrons. The molecule has 29 heavy (non-hydrogen) atoms. The fraction of sp³-hybridized carbons (Fsp3) is 0.348. The minimum absolute atomic E-state index is 0. The van der Waals surface area contributed by atoms with Crippen LogP contribution in [0.5, 0.6) is 0 Å². The van der Waals surface area contributed by atoms with Crippen LogP contribution < -0.4 is 15.5 Å². The summed E-state index contributed by atoms with van der Waals surface area (Å²) in [5.41, 5.74) is 3.66. The van der Waals surface area contributed by atoms with Gasteiger partial charge in [0.15, 0.2) is 5.96 Å². The lowest BCUT2D eigenvalue weighted by molar-refractivity contribution is 0.125. The number of nitrogens with zero attached hydrogens (tertiary/aromatic N) is 2. The molecule has 0 radical (unpaired) electrons. The molecule has 6 heteroatoms. The van der Waals surface area contributed by atoms with Gasteiger partial charge in [0, 0.05) is 31.9 Å². The Labute approximate surface area is 191 Å². The standard InChI is InChI=1S/C23H30N4O.HI/c1-2-24-23(25-14-17-28-19-21-8-4-3-5-9-21)26-18-20-10-12-22(13-11-20)27-15-6-7-16-27;/h3-13H,2,14-19H2,1H3,(H2,24,25,26);1H. The van der Waals surface area contributed by atoms with Crippen molar-refractivity contribution in [1.29, 1.82) is 0 Å². The first-order chi connectivity index (χ1) is 13.8. The lowest BCUT2D eigenvalue weighted by atomic mass is 10.2.